The maximum absolute atomic E-state index is 13.9. The second-order valence-electron chi connectivity index (χ2n) is 4.90. The van der Waals surface area contributed by atoms with Gasteiger partial charge in [-0.15, -0.1) is 11.3 Å². The van der Waals surface area contributed by atoms with Crippen molar-refractivity contribution in [1.29, 1.82) is 0 Å². The monoisotopic (exact) mass is 348 g/mol. The number of hydrogen-bond donors (Lipinski definition) is 4. The van der Waals surface area contributed by atoms with Crippen LogP contribution < -0.4 is 11.3 Å². The third-order valence-corrected chi connectivity index (χ3v) is 4.42. The van der Waals surface area contributed by atoms with Crippen LogP contribution in [0, 0.1) is 5.82 Å². The fourth-order valence-electron chi connectivity index (χ4n) is 2.55. The number of benzene rings is 1. The van der Waals surface area contributed by atoms with Gasteiger partial charge in [0.05, 0.1) is 0 Å². The largest absolute Gasteiger partial charge is 0.478 e. The average molecular weight is 348 g/mol. The van der Waals surface area contributed by atoms with E-state index in [9.17, 15) is 29.0 Å². The first-order valence-corrected chi connectivity index (χ1v) is 7.38. The third kappa shape index (κ3) is 2.31. The highest BCUT2D eigenvalue weighted by atomic mass is 32.1. The van der Waals surface area contributed by atoms with Crippen molar-refractivity contribution in [3.8, 4) is 11.1 Å². The molecule has 3 rings (SSSR count). The van der Waals surface area contributed by atoms with Gasteiger partial charge in [0.1, 0.15) is 22.8 Å². The van der Waals surface area contributed by atoms with Crippen molar-refractivity contribution in [1.82, 2.24) is 4.98 Å². The number of thiophene rings is 1. The molecular formula is C15H9FN2O5S. The number of carboxylic acids is 2. The molecule has 0 radical (unpaired) electrons. The number of hydrogen-bond acceptors (Lipinski definition) is 5. The summed E-state index contributed by atoms with van der Waals surface area (Å²) in [6.07, 6.45) is 0. The Hall–Kier alpha value is -3.20. The molecule has 0 unspecified atom stereocenters. The highest BCUT2D eigenvalue weighted by Crippen LogP contribution is 2.37. The number of fused-ring (bicyclic) bond motifs is 1. The Kier molecular flexibility index (Phi) is 3.57. The van der Waals surface area contributed by atoms with Gasteiger partial charge in [-0.05, 0) is 29.0 Å². The normalized spacial score (nSPS) is 10.9. The van der Waals surface area contributed by atoms with Crippen molar-refractivity contribution < 1.29 is 24.2 Å². The van der Waals surface area contributed by atoms with Gasteiger partial charge in [0.25, 0.3) is 5.56 Å². The molecule has 0 saturated heterocycles. The maximum Gasteiger partial charge on any atom is 0.342 e. The molecular weight excluding hydrogens is 339 g/mol. The van der Waals surface area contributed by atoms with Crippen molar-refractivity contribution >= 4 is 39.2 Å². The molecule has 0 aliphatic rings. The standard InChI is InChI=1S/C15H9FN2O5S/c16-6-3-5-1-2-24-11(5)7(4-6)8-9(14(20)21)12(17)18-13(19)10(8)15(22)23/h1-4H,(H,20,21)(H,22,23)(H3,17,18,19). The minimum atomic E-state index is -1.64. The molecule has 9 heteroatoms. The molecule has 5 N–H and O–H groups in total. The summed E-state index contributed by atoms with van der Waals surface area (Å²) in [5, 5.41) is 20.9. The van der Waals surface area contributed by atoms with Gasteiger partial charge >= 0.3 is 11.9 Å². The second kappa shape index (κ2) is 5.46. The van der Waals surface area contributed by atoms with Crippen molar-refractivity contribution in [2.24, 2.45) is 0 Å². The number of pyridine rings is 1. The zero-order valence-corrected chi connectivity index (χ0v) is 12.6. The summed E-state index contributed by atoms with van der Waals surface area (Å²) in [5.74, 6) is -4.36. The molecule has 24 heavy (non-hydrogen) atoms. The van der Waals surface area contributed by atoms with Gasteiger partial charge in [-0.25, -0.2) is 14.0 Å². The number of aromatic carboxylic acids is 2. The third-order valence-electron chi connectivity index (χ3n) is 3.46. The van der Waals surface area contributed by atoms with E-state index in [1.165, 1.54) is 6.07 Å². The first-order valence-electron chi connectivity index (χ1n) is 6.50. The number of carbonyl (C=O) groups is 2. The lowest BCUT2D eigenvalue weighted by Crippen LogP contribution is -2.24. The van der Waals surface area contributed by atoms with Crippen LogP contribution >= 0.6 is 11.3 Å². The Bertz CT molecular complexity index is 1070. The molecule has 1 aromatic carbocycles. The van der Waals surface area contributed by atoms with E-state index in [2.05, 4.69) is 0 Å². The Balaban J connectivity index is 2.59. The molecule has 0 saturated carbocycles. The number of aromatic nitrogens is 1. The Morgan fingerprint density at radius 1 is 1.17 bits per heavy atom. The quantitative estimate of drug-likeness (QED) is 0.574. The van der Waals surface area contributed by atoms with E-state index < -0.39 is 45.8 Å². The van der Waals surface area contributed by atoms with Crippen molar-refractivity contribution in [3.63, 3.8) is 0 Å². The molecule has 0 aliphatic carbocycles. The van der Waals surface area contributed by atoms with Crippen LogP contribution in [0.15, 0.2) is 28.4 Å². The second-order valence-corrected chi connectivity index (χ2v) is 5.81. The number of nitrogen functional groups attached to an aromatic ring is 1. The number of carboxylic acid groups (broad SMARTS) is 2. The van der Waals surface area contributed by atoms with Gasteiger partial charge in [-0.3, -0.25) is 4.79 Å². The zero-order valence-electron chi connectivity index (χ0n) is 11.8. The minimum absolute atomic E-state index is 0.00685. The number of aromatic amines is 1. The van der Waals surface area contributed by atoms with E-state index in [4.69, 9.17) is 5.73 Å². The Morgan fingerprint density at radius 2 is 1.83 bits per heavy atom. The summed E-state index contributed by atoms with van der Waals surface area (Å²) in [6.45, 7) is 0. The predicted octanol–water partition coefficient (Wildman–Crippen LogP) is 2.37. The van der Waals surface area contributed by atoms with Gasteiger partial charge in [0, 0.05) is 15.8 Å². The predicted molar refractivity (Wildman–Crippen MR) is 86.2 cm³/mol. The van der Waals surface area contributed by atoms with Crippen molar-refractivity contribution in [3.05, 3.63) is 50.9 Å². The SMILES string of the molecule is Nc1[nH]c(=O)c(C(=O)O)c(-c2cc(F)cc3ccsc23)c1C(=O)O. The molecule has 0 atom stereocenters. The van der Waals surface area contributed by atoms with E-state index in [-0.39, 0.29) is 5.56 Å². The molecule has 3 aromatic rings. The molecule has 2 aromatic heterocycles. The maximum atomic E-state index is 13.9. The fourth-order valence-corrected chi connectivity index (χ4v) is 3.45. The first-order chi connectivity index (χ1) is 11.3. The van der Waals surface area contributed by atoms with Crippen LogP contribution in [0.1, 0.15) is 20.7 Å². The summed E-state index contributed by atoms with van der Waals surface area (Å²) in [4.78, 5) is 37.1. The molecule has 0 spiro atoms. The lowest BCUT2D eigenvalue weighted by atomic mass is 9.94. The Morgan fingerprint density at radius 3 is 2.46 bits per heavy atom. The van der Waals surface area contributed by atoms with Crippen LogP contribution in [0.4, 0.5) is 10.2 Å². The van der Waals surface area contributed by atoms with Crippen LogP contribution in [0.2, 0.25) is 0 Å². The van der Waals surface area contributed by atoms with Crippen LogP contribution in [-0.4, -0.2) is 27.1 Å². The summed E-state index contributed by atoms with van der Waals surface area (Å²) in [6, 6.07) is 3.82. The first kappa shape index (κ1) is 15.7. The molecule has 7 nitrogen and oxygen atoms in total. The fraction of sp³-hybridized carbons (Fsp3) is 0. The van der Waals surface area contributed by atoms with E-state index in [0.29, 0.717) is 10.1 Å². The molecule has 0 fully saturated rings. The lowest BCUT2D eigenvalue weighted by Gasteiger charge is -2.13. The molecule has 122 valence electrons. The number of rotatable bonds is 3. The molecule has 0 amide bonds. The van der Waals surface area contributed by atoms with Gasteiger partial charge in [0.15, 0.2) is 0 Å². The van der Waals surface area contributed by atoms with E-state index in [1.807, 2.05) is 4.98 Å². The number of H-pyrrole nitrogens is 1. The summed E-state index contributed by atoms with van der Waals surface area (Å²) in [5.41, 5.74) is 2.69. The average Bonchev–Trinajstić information content (AvgIpc) is 2.92. The van der Waals surface area contributed by atoms with Crippen LogP contribution in [0.3, 0.4) is 0 Å². The highest BCUT2D eigenvalue weighted by Gasteiger charge is 2.28. The topological polar surface area (TPSA) is 133 Å². The van der Waals surface area contributed by atoms with Gasteiger partial charge in [-0.1, -0.05) is 0 Å². The number of anilines is 1. The van der Waals surface area contributed by atoms with Crippen LogP contribution in [-0.2, 0) is 0 Å². The molecule has 2 heterocycles. The smallest absolute Gasteiger partial charge is 0.342 e. The molecule has 0 aliphatic heterocycles. The van der Waals surface area contributed by atoms with Crippen molar-refractivity contribution in [2.75, 3.05) is 5.73 Å². The van der Waals surface area contributed by atoms with Crippen molar-refractivity contribution in [2.45, 2.75) is 0 Å². The minimum Gasteiger partial charge on any atom is -0.478 e. The summed E-state index contributed by atoms with van der Waals surface area (Å²) >= 11 is 1.16. The Labute approximate surface area is 136 Å². The van der Waals surface area contributed by atoms with E-state index >= 15 is 0 Å². The highest BCUT2D eigenvalue weighted by molar-refractivity contribution is 7.17. The van der Waals surface area contributed by atoms with Crippen LogP contribution in [0.25, 0.3) is 21.2 Å². The lowest BCUT2D eigenvalue weighted by molar-refractivity contribution is 0.0695. The summed E-state index contributed by atoms with van der Waals surface area (Å²) < 4.78 is 14.4. The van der Waals surface area contributed by atoms with Gasteiger partial charge in [0.2, 0.25) is 0 Å². The van der Waals surface area contributed by atoms with Gasteiger partial charge in [-0.2, -0.15) is 0 Å². The molecule has 0 bridgehead atoms. The van der Waals surface area contributed by atoms with E-state index in [1.54, 1.807) is 11.4 Å². The number of nitrogens with two attached hydrogens (primary N) is 1. The van der Waals surface area contributed by atoms with Crippen LogP contribution in [0.5, 0.6) is 0 Å². The summed E-state index contributed by atoms with van der Waals surface area (Å²) in [7, 11) is 0. The van der Waals surface area contributed by atoms with Gasteiger partial charge < -0.3 is 20.9 Å². The zero-order chi connectivity index (χ0) is 17.6. The number of nitrogens with one attached hydrogen (secondary N) is 1. The van der Waals surface area contributed by atoms with E-state index in [0.717, 1.165) is 17.4 Å². The number of halogens is 1.